The van der Waals surface area contributed by atoms with Gasteiger partial charge in [-0.3, -0.25) is 19.3 Å². The van der Waals surface area contributed by atoms with E-state index in [1.165, 1.54) is 12.3 Å². The Labute approximate surface area is 224 Å². The molecule has 2 atom stereocenters. The van der Waals surface area contributed by atoms with Gasteiger partial charge in [0.2, 0.25) is 0 Å². The molecule has 0 aromatic carbocycles. The molecule has 0 fully saturated rings. The minimum absolute atomic E-state index is 0.0111. The molecule has 0 saturated heterocycles. The maximum Gasteiger partial charge on any atom is 0.277 e. The van der Waals surface area contributed by atoms with Gasteiger partial charge in [-0.15, -0.1) is 0 Å². The number of aromatic nitrogens is 4. The molecular weight excluding hydrogens is 509 g/mol. The number of rotatable bonds is 3. The summed E-state index contributed by atoms with van der Waals surface area (Å²) in [6, 6.07) is 5.11. The molecular formula is C28H29ClFN5O3. The predicted molar refractivity (Wildman–Crippen MR) is 142 cm³/mol. The molecule has 0 radical (unpaired) electrons. The Hall–Kier alpha value is -3.30. The van der Waals surface area contributed by atoms with Crippen LogP contribution in [0.15, 0.2) is 46.5 Å². The molecule has 3 aliphatic rings. The van der Waals surface area contributed by atoms with E-state index in [2.05, 4.69) is 10.1 Å². The summed E-state index contributed by atoms with van der Waals surface area (Å²) in [6.45, 7) is 3.89. The van der Waals surface area contributed by atoms with Crippen LogP contribution in [0.3, 0.4) is 0 Å². The van der Waals surface area contributed by atoms with E-state index >= 15 is 0 Å². The standard InChI is InChI=1S/C28H29ClFN5O3/c1-28(2,37)23-9-10-34(33-23)24-13-20-17(14-31-24)5-3-4-6-19-12-22(25(29)27(36)35(19)20)38-21-8-7-16-11-18(30)15-32-26(16)21/h9-13,15,17,21,37H,3-8,14H2,1-2H3/t17-,21?/m0/s1. The van der Waals surface area contributed by atoms with E-state index in [1.807, 2.05) is 12.1 Å². The fraction of sp³-hybridized carbons (Fsp3) is 0.429. The third-order valence-electron chi connectivity index (χ3n) is 7.52. The fourth-order valence-corrected chi connectivity index (χ4v) is 5.72. The SMILES string of the molecule is CC(C)(O)c1ccn(C2=NC[C@@H]3CCCCc4cc(OC5CCc6cc(F)cnc65)c(Cl)c(=O)n4C3=C2)n1. The van der Waals surface area contributed by atoms with Gasteiger partial charge in [0.05, 0.1) is 17.6 Å². The molecule has 198 valence electrons. The monoisotopic (exact) mass is 537 g/mol. The number of dihydropyridines is 1. The molecule has 6 rings (SSSR count). The third-order valence-corrected chi connectivity index (χ3v) is 7.87. The van der Waals surface area contributed by atoms with Crippen LogP contribution in [-0.2, 0) is 18.4 Å². The highest BCUT2D eigenvalue weighted by Gasteiger charge is 2.31. The van der Waals surface area contributed by atoms with Gasteiger partial charge in [0.1, 0.15) is 28.3 Å². The molecule has 2 aliphatic heterocycles. The summed E-state index contributed by atoms with van der Waals surface area (Å²) in [5.41, 5.74) is 2.31. The summed E-state index contributed by atoms with van der Waals surface area (Å²) in [7, 11) is 0. The molecule has 1 N–H and O–H groups in total. The molecule has 0 spiro atoms. The van der Waals surface area contributed by atoms with E-state index in [0.717, 1.165) is 36.2 Å². The van der Waals surface area contributed by atoms with Crippen molar-refractivity contribution in [1.82, 2.24) is 19.3 Å². The minimum atomic E-state index is -1.08. The molecule has 3 aromatic heterocycles. The number of halogens is 2. The molecule has 5 heterocycles. The number of aliphatic imine (C=N–C) groups is 1. The molecule has 0 bridgehead atoms. The van der Waals surface area contributed by atoms with Gasteiger partial charge in [-0.25, -0.2) is 9.07 Å². The quantitative estimate of drug-likeness (QED) is 0.524. The van der Waals surface area contributed by atoms with Crippen molar-refractivity contribution in [3.05, 3.63) is 80.5 Å². The topological polar surface area (TPSA) is 94.5 Å². The zero-order valence-electron chi connectivity index (χ0n) is 21.3. The lowest BCUT2D eigenvalue weighted by atomic mass is 9.92. The first kappa shape index (κ1) is 25.0. The molecule has 1 unspecified atom stereocenters. The Morgan fingerprint density at radius 3 is 2.84 bits per heavy atom. The Morgan fingerprint density at radius 1 is 1.21 bits per heavy atom. The van der Waals surface area contributed by atoms with Crippen LogP contribution in [0.1, 0.15) is 68.3 Å². The molecule has 1 aliphatic carbocycles. The van der Waals surface area contributed by atoms with Crippen molar-refractivity contribution in [1.29, 1.82) is 0 Å². The number of aryl methyl sites for hydroxylation is 2. The molecule has 8 nitrogen and oxygen atoms in total. The van der Waals surface area contributed by atoms with Crippen molar-refractivity contribution in [2.45, 2.75) is 64.1 Å². The van der Waals surface area contributed by atoms with Gasteiger partial charge in [0.15, 0.2) is 5.84 Å². The molecule has 0 saturated carbocycles. The number of allylic oxidation sites excluding steroid dienone is 1. The van der Waals surface area contributed by atoms with Crippen LogP contribution in [0, 0.1) is 11.7 Å². The average molecular weight is 538 g/mol. The van der Waals surface area contributed by atoms with Crippen molar-refractivity contribution < 1.29 is 14.2 Å². The van der Waals surface area contributed by atoms with E-state index in [9.17, 15) is 14.3 Å². The van der Waals surface area contributed by atoms with E-state index in [1.54, 1.807) is 35.4 Å². The van der Waals surface area contributed by atoms with Crippen molar-refractivity contribution in [3.63, 3.8) is 0 Å². The zero-order valence-corrected chi connectivity index (χ0v) is 22.1. The van der Waals surface area contributed by atoms with E-state index in [4.69, 9.17) is 21.3 Å². The number of hydrogen-bond donors (Lipinski definition) is 1. The molecule has 3 aromatic rings. The second-order valence-electron chi connectivity index (χ2n) is 10.7. The maximum absolute atomic E-state index is 13.7. The second-order valence-corrected chi connectivity index (χ2v) is 11.1. The number of fused-ring (bicyclic) bond motifs is 4. The average Bonchev–Trinajstić information content (AvgIpc) is 3.51. The molecule has 10 heteroatoms. The van der Waals surface area contributed by atoms with Crippen molar-refractivity contribution in [3.8, 4) is 5.75 Å². The number of ether oxygens (including phenoxy) is 1. The summed E-state index contributed by atoms with van der Waals surface area (Å²) < 4.78 is 23.2. The first-order chi connectivity index (χ1) is 18.2. The summed E-state index contributed by atoms with van der Waals surface area (Å²) in [5, 5.41) is 14.8. The van der Waals surface area contributed by atoms with Crippen LogP contribution in [0.25, 0.3) is 5.70 Å². The normalized spacial score (nSPS) is 21.0. The van der Waals surface area contributed by atoms with Gasteiger partial charge in [-0.2, -0.15) is 5.10 Å². The van der Waals surface area contributed by atoms with Crippen LogP contribution in [0.5, 0.6) is 5.75 Å². The summed E-state index contributed by atoms with van der Waals surface area (Å²) in [5.74, 6) is 0.633. The van der Waals surface area contributed by atoms with Crippen molar-refractivity contribution in [2.75, 3.05) is 6.54 Å². The summed E-state index contributed by atoms with van der Waals surface area (Å²) in [6.07, 6.45) is 9.33. The highest BCUT2D eigenvalue weighted by Crippen LogP contribution is 2.38. The number of hydrogen-bond acceptors (Lipinski definition) is 6. The summed E-state index contributed by atoms with van der Waals surface area (Å²) in [4.78, 5) is 22.7. The third kappa shape index (κ3) is 4.47. The highest BCUT2D eigenvalue weighted by molar-refractivity contribution is 6.31. The van der Waals surface area contributed by atoms with Crippen molar-refractivity contribution in [2.24, 2.45) is 10.9 Å². The van der Waals surface area contributed by atoms with Crippen LogP contribution < -0.4 is 10.3 Å². The highest BCUT2D eigenvalue weighted by atomic mass is 35.5. The van der Waals surface area contributed by atoms with Crippen LogP contribution in [0.4, 0.5) is 4.39 Å². The lowest BCUT2D eigenvalue weighted by Gasteiger charge is -2.29. The Bertz CT molecular complexity index is 1530. The number of pyridine rings is 2. The van der Waals surface area contributed by atoms with Gasteiger partial charge in [-0.05, 0) is 63.6 Å². The smallest absolute Gasteiger partial charge is 0.277 e. The largest absolute Gasteiger partial charge is 0.482 e. The predicted octanol–water partition coefficient (Wildman–Crippen LogP) is 4.67. The van der Waals surface area contributed by atoms with Crippen LogP contribution in [-0.4, -0.2) is 36.8 Å². The van der Waals surface area contributed by atoms with E-state index in [0.29, 0.717) is 48.8 Å². The minimum Gasteiger partial charge on any atom is -0.482 e. The zero-order chi connectivity index (χ0) is 26.6. The van der Waals surface area contributed by atoms with Gasteiger partial charge in [0, 0.05) is 42.2 Å². The van der Waals surface area contributed by atoms with E-state index < -0.39 is 5.60 Å². The maximum atomic E-state index is 13.7. The van der Waals surface area contributed by atoms with Gasteiger partial charge in [0.25, 0.3) is 5.56 Å². The van der Waals surface area contributed by atoms with Gasteiger partial charge in [-0.1, -0.05) is 18.0 Å². The number of nitrogens with zero attached hydrogens (tertiary/aromatic N) is 5. The Kier molecular flexibility index (Phi) is 6.23. The Balaban J connectivity index is 1.38. The second kappa shape index (κ2) is 9.47. The first-order valence-electron chi connectivity index (χ1n) is 13.0. The fourth-order valence-electron chi connectivity index (χ4n) is 5.53. The van der Waals surface area contributed by atoms with E-state index in [-0.39, 0.29) is 28.4 Å². The van der Waals surface area contributed by atoms with Gasteiger partial charge >= 0.3 is 0 Å². The van der Waals surface area contributed by atoms with Crippen LogP contribution in [0.2, 0.25) is 5.02 Å². The lowest BCUT2D eigenvalue weighted by molar-refractivity contribution is 0.0735. The van der Waals surface area contributed by atoms with Crippen LogP contribution >= 0.6 is 11.6 Å². The van der Waals surface area contributed by atoms with Crippen molar-refractivity contribution >= 4 is 23.1 Å². The summed E-state index contributed by atoms with van der Waals surface area (Å²) >= 11 is 6.65. The first-order valence-corrected chi connectivity index (χ1v) is 13.4. The molecule has 0 amide bonds. The number of aliphatic hydroxyl groups is 1. The van der Waals surface area contributed by atoms with Gasteiger partial charge < -0.3 is 9.84 Å². The Morgan fingerprint density at radius 2 is 2.05 bits per heavy atom. The molecule has 38 heavy (non-hydrogen) atoms. The lowest BCUT2D eigenvalue weighted by Crippen LogP contribution is -2.32.